The van der Waals surface area contributed by atoms with Crippen LogP contribution in [0.5, 0.6) is 5.75 Å². The monoisotopic (exact) mass is 438 g/mol. The summed E-state index contributed by atoms with van der Waals surface area (Å²) in [5, 5.41) is 18.0. The lowest BCUT2D eigenvalue weighted by Crippen LogP contribution is -2.19. The number of aryl methyl sites for hydroxylation is 1. The van der Waals surface area contributed by atoms with Gasteiger partial charge in [-0.1, -0.05) is 12.1 Å². The lowest BCUT2D eigenvalue weighted by atomic mass is 10.00. The van der Waals surface area contributed by atoms with Crippen molar-refractivity contribution < 1.29 is 9.84 Å². The standard InChI is InChI=1S/C22H26N6O2S/c1-14(2)28-22(24-15(3)25-28)27-13-19-18-5-4-16(17-11-23-26(12-17)7-8-29)10-20(18)30-9-6-21(19)31-27/h4-5,10-12,14,29H,6-9,13H2,1-3H3. The first-order chi connectivity index (χ1) is 15.0. The van der Waals surface area contributed by atoms with Crippen LogP contribution in [-0.2, 0) is 6.54 Å². The van der Waals surface area contributed by atoms with Gasteiger partial charge in [-0.25, -0.2) is 4.68 Å². The number of ether oxygens (including phenoxy) is 1. The van der Waals surface area contributed by atoms with Crippen molar-refractivity contribution in [1.82, 2.24) is 24.5 Å². The first-order valence-electron chi connectivity index (χ1n) is 10.5. The van der Waals surface area contributed by atoms with Crippen molar-refractivity contribution in [2.24, 2.45) is 0 Å². The van der Waals surface area contributed by atoms with Crippen LogP contribution in [-0.4, -0.2) is 49.4 Å². The summed E-state index contributed by atoms with van der Waals surface area (Å²) < 4.78 is 12.1. The molecule has 0 bridgehead atoms. The minimum atomic E-state index is 0.0730. The number of rotatable bonds is 5. The van der Waals surface area contributed by atoms with Crippen LogP contribution in [0, 0.1) is 6.92 Å². The second-order valence-corrected chi connectivity index (χ2v) is 9.17. The highest BCUT2D eigenvalue weighted by atomic mass is 32.2. The van der Waals surface area contributed by atoms with Crippen LogP contribution >= 0.6 is 11.9 Å². The second-order valence-electron chi connectivity index (χ2n) is 8.05. The Labute approximate surface area is 185 Å². The summed E-state index contributed by atoms with van der Waals surface area (Å²) in [7, 11) is 0. The highest BCUT2D eigenvalue weighted by Crippen LogP contribution is 2.46. The largest absolute Gasteiger partial charge is 0.493 e. The third-order valence-corrected chi connectivity index (χ3v) is 6.66. The smallest absolute Gasteiger partial charge is 0.235 e. The molecule has 8 nitrogen and oxygen atoms in total. The number of fused-ring (bicyclic) bond motifs is 2. The van der Waals surface area contributed by atoms with E-state index in [-0.39, 0.29) is 12.6 Å². The van der Waals surface area contributed by atoms with E-state index in [0.717, 1.165) is 47.2 Å². The normalized spacial score (nSPS) is 15.8. The fraction of sp³-hybridized carbons (Fsp3) is 0.409. The molecule has 1 aromatic carbocycles. The zero-order valence-corrected chi connectivity index (χ0v) is 18.8. The summed E-state index contributed by atoms with van der Waals surface area (Å²) in [5.41, 5.74) is 4.52. The number of aromatic nitrogens is 5. The van der Waals surface area contributed by atoms with Crippen molar-refractivity contribution in [1.29, 1.82) is 0 Å². The predicted octanol–water partition coefficient (Wildman–Crippen LogP) is 3.69. The summed E-state index contributed by atoms with van der Waals surface area (Å²) in [6, 6.07) is 6.62. The molecule has 0 aliphatic carbocycles. The first-order valence-corrected chi connectivity index (χ1v) is 11.3. The van der Waals surface area contributed by atoms with Gasteiger partial charge in [-0.2, -0.15) is 15.2 Å². The maximum atomic E-state index is 9.13. The number of nitrogens with zero attached hydrogens (tertiary/aromatic N) is 6. The molecule has 1 N–H and O–H groups in total. The molecule has 2 aliphatic rings. The van der Waals surface area contributed by atoms with Gasteiger partial charge in [0.15, 0.2) is 0 Å². The molecule has 5 rings (SSSR count). The summed E-state index contributed by atoms with van der Waals surface area (Å²) in [4.78, 5) is 6.03. The minimum absolute atomic E-state index is 0.0730. The minimum Gasteiger partial charge on any atom is -0.493 e. The van der Waals surface area contributed by atoms with E-state index in [1.807, 2.05) is 24.0 Å². The highest BCUT2D eigenvalue weighted by molar-refractivity contribution is 8.04. The van der Waals surface area contributed by atoms with E-state index in [9.17, 15) is 0 Å². The van der Waals surface area contributed by atoms with Gasteiger partial charge in [0.25, 0.3) is 0 Å². The van der Waals surface area contributed by atoms with E-state index >= 15 is 0 Å². The Bertz CT molecular complexity index is 1150. The number of aliphatic hydroxyl groups is 1. The molecule has 0 spiro atoms. The lowest BCUT2D eigenvalue weighted by Gasteiger charge is -2.19. The summed E-state index contributed by atoms with van der Waals surface area (Å²) >= 11 is 1.75. The zero-order chi connectivity index (χ0) is 21.5. The van der Waals surface area contributed by atoms with Gasteiger partial charge in [0, 0.05) is 28.6 Å². The van der Waals surface area contributed by atoms with Crippen LogP contribution in [0.15, 0.2) is 35.5 Å². The molecule has 0 radical (unpaired) electrons. The molecule has 0 atom stereocenters. The molecular weight excluding hydrogens is 412 g/mol. The summed E-state index contributed by atoms with van der Waals surface area (Å²) in [6.45, 7) is 8.18. The van der Waals surface area contributed by atoms with Gasteiger partial charge in [-0.3, -0.25) is 8.99 Å². The first kappa shape index (κ1) is 20.1. The van der Waals surface area contributed by atoms with E-state index in [4.69, 9.17) is 14.8 Å². The topological polar surface area (TPSA) is 81.2 Å². The summed E-state index contributed by atoms with van der Waals surface area (Å²) in [6.07, 6.45) is 4.66. The Hall–Kier alpha value is -2.78. The van der Waals surface area contributed by atoms with Crippen LogP contribution in [0.1, 0.15) is 37.7 Å². The molecule has 31 heavy (non-hydrogen) atoms. The molecule has 3 aromatic rings. The average molecular weight is 439 g/mol. The van der Waals surface area contributed by atoms with Gasteiger partial charge >= 0.3 is 0 Å². The summed E-state index contributed by atoms with van der Waals surface area (Å²) in [5.74, 6) is 2.60. The SMILES string of the molecule is Cc1nc(N2CC3=C(CCOc4cc(-c5cnn(CCO)c5)ccc43)S2)n(C(C)C)n1. The van der Waals surface area contributed by atoms with Crippen molar-refractivity contribution in [2.75, 3.05) is 24.1 Å². The third kappa shape index (κ3) is 3.72. The third-order valence-electron chi connectivity index (χ3n) is 5.48. The Kier molecular flexibility index (Phi) is 5.23. The second kappa shape index (κ2) is 8.05. The average Bonchev–Trinajstić information content (AvgIpc) is 3.45. The molecule has 0 saturated carbocycles. The van der Waals surface area contributed by atoms with Gasteiger partial charge in [0.1, 0.15) is 11.6 Å². The maximum Gasteiger partial charge on any atom is 0.235 e. The molecule has 2 aromatic heterocycles. The van der Waals surface area contributed by atoms with Crippen LogP contribution < -0.4 is 9.04 Å². The van der Waals surface area contributed by atoms with Crippen LogP contribution in [0.3, 0.4) is 0 Å². The van der Waals surface area contributed by atoms with E-state index in [0.29, 0.717) is 13.2 Å². The highest BCUT2D eigenvalue weighted by Gasteiger charge is 2.31. The molecule has 0 saturated heterocycles. The number of aliphatic hydroxyl groups excluding tert-OH is 1. The molecule has 0 fully saturated rings. The fourth-order valence-corrected chi connectivity index (χ4v) is 5.12. The Morgan fingerprint density at radius 3 is 2.94 bits per heavy atom. The van der Waals surface area contributed by atoms with Crippen LogP contribution in [0.25, 0.3) is 16.7 Å². The van der Waals surface area contributed by atoms with Crippen molar-refractivity contribution in [3.8, 4) is 16.9 Å². The Morgan fingerprint density at radius 1 is 1.26 bits per heavy atom. The zero-order valence-electron chi connectivity index (χ0n) is 17.9. The fourth-order valence-electron chi connectivity index (χ4n) is 3.99. The molecule has 0 amide bonds. The van der Waals surface area contributed by atoms with Gasteiger partial charge in [-0.15, -0.1) is 0 Å². The van der Waals surface area contributed by atoms with E-state index < -0.39 is 0 Å². The van der Waals surface area contributed by atoms with Crippen LogP contribution in [0.2, 0.25) is 0 Å². The van der Waals surface area contributed by atoms with Gasteiger partial charge in [-0.05, 0) is 49.9 Å². The molecule has 9 heteroatoms. The maximum absolute atomic E-state index is 9.13. The molecule has 2 aliphatic heterocycles. The van der Waals surface area contributed by atoms with Gasteiger partial charge < -0.3 is 9.84 Å². The van der Waals surface area contributed by atoms with E-state index in [1.54, 1.807) is 16.6 Å². The number of hydrogen-bond acceptors (Lipinski definition) is 7. The number of hydrogen-bond donors (Lipinski definition) is 1. The molecule has 0 unspecified atom stereocenters. The lowest BCUT2D eigenvalue weighted by molar-refractivity contribution is 0.269. The predicted molar refractivity (Wildman–Crippen MR) is 122 cm³/mol. The quantitative estimate of drug-likeness (QED) is 0.609. The van der Waals surface area contributed by atoms with Crippen molar-refractivity contribution in [3.63, 3.8) is 0 Å². The van der Waals surface area contributed by atoms with Crippen LogP contribution in [0.4, 0.5) is 5.95 Å². The molecular formula is C22H26N6O2S. The van der Waals surface area contributed by atoms with Crippen molar-refractivity contribution >= 4 is 23.5 Å². The van der Waals surface area contributed by atoms with E-state index in [1.165, 1.54) is 10.5 Å². The number of anilines is 1. The van der Waals surface area contributed by atoms with Crippen molar-refractivity contribution in [2.45, 2.75) is 39.8 Å². The van der Waals surface area contributed by atoms with Crippen molar-refractivity contribution in [3.05, 3.63) is 46.9 Å². The van der Waals surface area contributed by atoms with Gasteiger partial charge in [0.05, 0.1) is 38.5 Å². The van der Waals surface area contributed by atoms with E-state index in [2.05, 4.69) is 46.5 Å². The molecule has 162 valence electrons. The Balaban J connectivity index is 1.45. The molecule has 4 heterocycles. The van der Waals surface area contributed by atoms with Gasteiger partial charge in [0.2, 0.25) is 5.95 Å². The Morgan fingerprint density at radius 2 is 2.13 bits per heavy atom. The number of benzene rings is 1.